The van der Waals surface area contributed by atoms with Crippen LogP contribution in [0.2, 0.25) is 5.02 Å². The van der Waals surface area contributed by atoms with E-state index in [4.69, 9.17) is 21.1 Å². The van der Waals surface area contributed by atoms with Gasteiger partial charge in [0.1, 0.15) is 16.5 Å². The molecule has 2 aromatic carbocycles. The Labute approximate surface area is 184 Å². The van der Waals surface area contributed by atoms with E-state index in [1.54, 1.807) is 12.1 Å². The van der Waals surface area contributed by atoms with E-state index < -0.39 is 10.0 Å². The van der Waals surface area contributed by atoms with Gasteiger partial charge in [-0.05, 0) is 23.8 Å². The van der Waals surface area contributed by atoms with Crippen molar-refractivity contribution in [2.24, 2.45) is 0 Å². The van der Waals surface area contributed by atoms with E-state index in [1.165, 1.54) is 24.3 Å². The molecule has 1 fully saturated rings. The van der Waals surface area contributed by atoms with Gasteiger partial charge in [-0.1, -0.05) is 23.7 Å². The van der Waals surface area contributed by atoms with Crippen molar-refractivity contribution in [2.75, 3.05) is 44.8 Å². The second-order valence-electron chi connectivity index (χ2n) is 7.18. The van der Waals surface area contributed by atoms with Crippen molar-refractivity contribution in [3.05, 3.63) is 52.8 Å². The Morgan fingerprint density at radius 2 is 1.90 bits per heavy atom. The average molecular weight is 470 g/mol. The molecule has 8 nitrogen and oxygen atoms in total. The zero-order valence-electron chi connectivity index (χ0n) is 16.4. The zero-order chi connectivity index (χ0) is 22.0. The number of halogens is 2. The van der Waals surface area contributed by atoms with Crippen molar-refractivity contribution >= 4 is 33.2 Å². The Kier molecular flexibility index (Phi) is 6.44. The number of benzene rings is 2. The minimum atomic E-state index is -3.99. The molecule has 0 aromatic heterocycles. The molecule has 2 heterocycles. The highest BCUT2D eigenvalue weighted by Gasteiger charge is 2.28. The Morgan fingerprint density at radius 3 is 2.61 bits per heavy atom. The van der Waals surface area contributed by atoms with Gasteiger partial charge in [-0.15, -0.1) is 0 Å². The maximum Gasteiger partial charge on any atom is 0.262 e. The molecular weight excluding hydrogens is 449 g/mol. The zero-order valence-corrected chi connectivity index (χ0v) is 18.0. The number of sulfonamides is 1. The number of rotatable bonds is 6. The molecule has 2 aliphatic rings. The molecule has 1 amide bonds. The summed E-state index contributed by atoms with van der Waals surface area (Å²) >= 11 is 6.20. The molecular formula is C20H21ClFN3O5S. The summed E-state index contributed by atoms with van der Waals surface area (Å²) in [7, 11) is -3.99. The number of nitrogens with one attached hydrogen (secondary N) is 2. The van der Waals surface area contributed by atoms with Crippen LogP contribution in [0.25, 0.3) is 0 Å². The first-order chi connectivity index (χ1) is 14.8. The predicted octanol–water partition coefficient (Wildman–Crippen LogP) is 2.16. The largest absolute Gasteiger partial charge is 0.482 e. The quantitative estimate of drug-likeness (QED) is 0.673. The number of morpholine rings is 1. The number of nitrogens with zero attached hydrogens (tertiary/aromatic N) is 1. The molecule has 4 rings (SSSR count). The summed E-state index contributed by atoms with van der Waals surface area (Å²) in [5.74, 6) is -0.476. The SMILES string of the molecule is O=C1COc2cc(S(=O)(=O)NCC(c3ccc(F)cc3)N3CCOCC3)c(Cl)cc2N1. The molecule has 11 heteroatoms. The smallest absolute Gasteiger partial charge is 0.262 e. The Bertz CT molecular complexity index is 1070. The van der Waals surface area contributed by atoms with Crippen LogP contribution in [0.3, 0.4) is 0 Å². The molecule has 0 bridgehead atoms. The van der Waals surface area contributed by atoms with Crippen LogP contribution < -0.4 is 14.8 Å². The van der Waals surface area contributed by atoms with E-state index in [1.807, 2.05) is 0 Å². The van der Waals surface area contributed by atoms with Crippen LogP contribution in [0.1, 0.15) is 11.6 Å². The number of fused-ring (bicyclic) bond motifs is 1. The minimum absolute atomic E-state index is 0.0400. The van der Waals surface area contributed by atoms with Crippen molar-refractivity contribution in [1.29, 1.82) is 0 Å². The number of carbonyl (C=O) groups excluding carboxylic acids is 1. The minimum Gasteiger partial charge on any atom is -0.482 e. The van der Waals surface area contributed by atoms with E-state index in [0.29, 0.717) is 32.0 Å². The van der Waals surface area contributed by atoms with Crippen molar-refractivity contribution in [1.82, 2.24) is 9.62 Å². The van der Waals surface area contributed by atoms with Crippen molar-refractivity contribution < 1.29 is 27.1 Å². The molecule has 31 heavy (non-hydrogen) atoms. The lowest BCUT2D eigenvalue weighted by Gasteiger charge is -2.35. The van der Waals surface area contributed by atoms with Crippen LogP contribution in [0.15, 0.2) is 41.3 Å². The summed E-state index contributed by atoms with van der Waals surface area (Å²) in [5.41, 5.74) is 1.10. The van der Waals surface area contributed by atoms with Crippen molar-refractivity contribution in [3.63, 3.8) is 0 Å². The van der Waals surface area contributed by atoms with Gasteiger partial charge in [-0.25, -0.2) is 17.5 Å². The fourth-order valence-electron chi connectivity index (χ4n) is 3.59. The molecule has 2 N–H and O–H groups in total. The Morgan fingerprint density at radius 1 is 1.19 bits per heavy atom. The summed E-state index contributed by atoms with van der Waals surface area (Å²) in [5, 5.41) is 2.55. The lowest BCUT2D eigenvalue weighted by atomic mass is 10.0. The monoisotopic (exact) mass is 469 g/mol. The lowest BCUT2D eigenvalue weighted by Crippen LogP contribution is -2.43. The fourth-order valence-corrected chi connectivity index (χ4v) is 5.16. The Hall–Kier alpha value is -2.24. The molecule has 1 saturated heterocycles. The number of amides is 1. The first-order valence-electron chi connectivity index (χ1n) is 9.66. The average Bonchev–Trinajstić information content (AvgIpc) is 2.75. The van der Waals surface area contributed by atoms with Gasteiger partial charge >= 0.3 is 0 Å². The van der Waals surface area contributed by atoms with Crippen LogP contribution >= 0.6 is 11.6 Å². The van der Waals surface area contributed by atoms with E-state index in [9.17, 15) is 17.6 Å². The maximum absolute atomic E-state index is 13.4. The number of anilines is 1. The van der Waals surface area contributed by atoms with E-state index in [-0.39, 0.29) is 46.6 Å². The highest BCUT2D eigenvalue weighted by molar-refractivity contribution is 7.89. The second kappa shape index (κ2) is 9.09. The summed E-state index contributed by atoms with van der Waals surface area (Å²) in [4.78, 5) is 13.4. The molecule has 166 valence electrons. The van der Waals surface area contributed by atoms with Crippen LogP contribution in [-0.4, -0.2) is 58.7 Å². The van der Waals surface area contributed by atoms with Gasteiger partial charge in [0.05, 0.1) is 23.9 Å². The van der Waals surface area contributed by atoms with Gasteiger partial charge in [-0.2, -0.15) is 0 Å². The van der Waals surface area contributed by atoms with Gasteiger partial charge in [0, 0.05) is 31.7 Å². The Balaban J connectivity index is 1.57. The van der Waals surface area contributed by atoms with Gasteiger partial charge in [-0.3, -0.25) is 9.69 Å². The van der Waals surface area contributed by atoms with E-state index in [2.05, 4.69) is 14.9 Å². The first-order valence-corrected chi connectivity index (χ1v) is 11.5. The first kappa shape index (κ1) is 22.0. The van der Waals surface area contributed by atoms with Crippen LogP contribution in [0, 0.1) is 5.82 Å². The number of ether oxygens (including phenoxy) is 2. The molecule has 0 radical (unpaired) electrons. The maximum atomic E-state index is 13.4. The van der Waals surface area contributed by atoms with E-state index in [0.717, 1.165) is 5.56 Å². The lowest BCUT2D eigenvalue weighted by molar-refractivity contribution is -0.118. The summed E-state index contributed by atoms with van der Waals surface area (Å²) in [6.45, 7) is 2.16. The predicted molar refractivity (Wildman–Crippen MR) is 112 cm³/mol. The second-order valence-corrected chi connectivity index (χ2v) is 9.33. The standard InChI is InChI=1S/C20H21ClFN3O5S/c21-15-9-16-18(30-12-20(26)24-16)10-19(15)31(27,28)23-11-17(25-5-7-29-8-6-25)13-1-3-14(22)4-2-13/h1-4,9-10,17,23H,5-8,11-12H2,(H,24,26). The third kappa shape index (κ3) is 4.99. The number of hydrogen-bond donors (Lipinski definition) is 2. The molecule has 0 aliphatic carbocycles. The number of hydrogen-bond acceptors (Lipinski definition) is 6. The highest BCUT2D eigenvalue weighted by atomic mass is 35.5. The van der Waals surface area contributed by atoms with Crippen LogP contribution in [-0.2, 0) is 19.6 Å². The van der Waals surface area contributed by atoms with Crippen molar-refractivity contribution in [3.8, 4) is 5.75 Å². The van der Waals surface area contributed by atoms with Crippen LogP contribution in [0.5, 0.6) is 5.75 Å². The summed E-state index contributed by atoms with van der Waals surface area (Å²) in [6, 6.07) is 8.32. The molecule has 1 unspecified atom stereocenters. The topological polar surface area (TPSA) is 97.0 Å². The van der Waals surface area contributed by atoms with Gasteiger partial charge in [0.15, 0.2) is 6.61 Å². The van der Waals surface area contributed by atoms with E-state index >= 15 is 0 Å². The fraction of sp³-hybridized carbons (Fsp3) is 0.350. The molecule has 2 aromatic rings. The highest BCUT2D eigenvalue weighted by Crippen LogP contribution is 2.35. The van der Waals surface area contributed by atoms with Crippen molar-refractivity contribution in [2.45, 2.75) is 10.9 Å². The van der Waals surface area contributed by atoms with Gasteiger partial charge < -0.3 is 14.8 Å². The summed E-state index contributed by atoms with van der Waals surface area (Å²) in [6.07, 6.45) is 0. The molecule has 0 saturated carbocycles. The third-order valence-corrected chi connectivity index (χ3v) is 7.05. The third-order valence-electron chi connectivity index (χ3n) is 5.16. The van der Waals surface area contributed by atoms with Crippen LogP contribution in [0.4, 0.5) is 10.1 Å². The molecule has 1 atom stereocenters. The van der Waals surface area contributed by atoms with Gasteiger partial charge in [0.2, 0.25) is 10.0 Å². The molecule has 0 spiro atoms. The summed E-state index contributed by atoms with van der Waals surface area (Å²) < 4.78 is 52.8. The molecule has 2 aliphatic heterocycles. The number of carbonyl (C=O) groups is 1. The van der Waals surface area contributed by atoms with Gasteiger partial charge in [0.25, 0.3) is 5.91 Å². The normalized spacial score (nSPS) is 18.1.